The second-order valence-electron chi connectivity index (χ2n) is 8.63. The van der Waals surface area contributed by atoms with E-state index in [9.17, 15) is 0 Å². The van der Waals surface area contributed by atoms with Gasteiger partial charge >= 0.3 is 0 Å². The smallest absolute Gasteiger partial charge is 0.247 e. The molecule has 174 valence electrons. The van der Waals surface area contributed by atoms with Gasteiger partial charge in [-0.15, -0.1) is 5.10 Å². The van der Waals surface area contributed by atoms with Crippen LogP contribution in [-0.4, -0.2) is 40.8 Å². The summed E-state index contributed by atoms with van der Waals surface area (Å²) in [5.74, 6) is 1.23. The Morgan fingerprint density at radius 1 is 0.943 bits per heavy atom. The molecule has 2 aromatic carbocycles. The van der Waals surface area contributed by atoms with Crippen LogP contribution in [0.3, 0.4) is 0 Å². The summed E-state index contributed by atoms with van der Waals surface area (Å²) < 4.78 is 11.4. The number of aryl methyl sites for hydroxylation is 3. The number of ether oxygens (including phenoxy) is 1. The minimum atomic E-state index is 0.506. The van der Waals surface area contributed by atoms with Gasteiger partial charge in [-0.1, -0.05) is 6.07 Å². The molecule has 0 aliphatic heterocycles. The number of anilines is 2. The van der Waals surface area contributed by atoms with Crippen molar-refractivity contribution in [2.75, 3.05) is 12.4 Å². The van der Waals surface area contributed by atoms with Gasteiger partial charge in [0.25, 0.3) is 0 Å². The van der Waals surface area contributed by atoms with Crippen molar-refractivity contribution in [2.45, 2.75) is 13.8 Å². The molecule has 0 radical (unpaired) electrons. The highest BCUT2D eigenvalue weighted by Crippen LogP contribution is 2.31. The number of hydrogen-bond donors (Lipinski definition) is 1. The second-order valence-corrected chi connectivity index (χ2v) is 8.63. The molecule has 9 heteroatoms. The standard InChI is InChI=1S/C26H24N8O/c1-16-9-20(18-5-7-21-23(10-18)32(3)14-28-21)25-30-26(31-34(25)12-16)29-19-6-8-22(24(11-19)35-4)33-13-17(2)27-15-33/h5-15H,1-4H3,(H,29,31). The first-order chi connectivity index (χ1) is 17.0. The van der Waals surface area contributed by atoms with Gasteiger partial charge in [0.05, 0.1) is 42.2 Å². The van der Waals surface area contributed by atoms with Crippen LogP contribution < -0.4 is 10.1 Å². The Labute approximate surface area is 201 Å². The lowest BCUT2D eigenvalue weighted by Gasteiger charge is -2.11. The summed E-state index contributed by atoms with van der Waals surface area (Å²) in [4.78, 5) is 13.6. The van der Waals surface area contributed by atoms with E-state index >= 15 is 0 Å². The summed E-state index contributed by atoms with van der Waals surface area (Å²) in [5, 5.41) is 8.01. The molecule has 4 aromatic heterocycles. The summed E-state index contributed by atoms with van der Waals surface area (Å²) in [5.41, 5.74) is 8.65. The summed E-state index contributed by atoms with van der Waals surface area (Å²) in [6.07, 6.45) is 7.54. The van der Waals surface area contributed by atoms with Gasteiger partial charge in [0.15, 0.2) is 5.65 Å². The fraction of sp³-hybridized carbons (Fsp3) is 0.154. The molecule has 0 atom stereocenters. The summed E-state index contributed by atoms with van der Waals surface area (Å²) in [6.45, 7) is 4.01. The molecule has 1 N–H and O–H groups in total. The van der Waals surface area contributed by atoms with E-state index in [1.54, 1.807) is 13.4 Å². The fourth-order valence-corrected chi connectivity index (χ4v) is 4.33. The van der Waals surface area contributed by atoms with Gasteiger partial charge in [0.1, 0.15) is 5.75 Å². The molecule has 35 heavy (non-hydrogen) atoms. The van der Waals surface area contributed by atoms with Crippen molar-refractivity contribution in [1.82, 2.24) is 33.7 Å². The van der Waals surface area contributed by atoms with Crippen molar-refractivity contribution < 1.29 is 4.74 Å². The number of imidazole rings is 2. The van der Waals surface area contributed by atoms with Crippen LogP contribution in [0.4, 0.5) is 11.6 Å². The van der Waals surface area contributed by atoms with Crippen LogP contribution in [-0.2, 0) is 7.05 Å². The number of nitrogens with one attached hydrogen (secondary N) is 1. The monoisotopic (exact) mass is 464 g/mol. The topological polar surface area (TPSA) is 87.1 Å². The van der Waals surface area contributed by atoms with Gasteiger partial charge in [-0.05, 0) is 55.3 Å². The Hall–Kier alpha value is -4.66. The lowest BCUT2D eigenvalue weighted by atomic mass is 10.0. The number of benzene rings is 2. The Kier molecular flexibility index (Phi) is 4.77. The van der Waals surface area contributed by atoms with E-state index in [0.29, 0.717) is 5.95 Å². The number of nitrogens with zero attached hydrogens (tertiary/aromatic N) is 7. The molecule has 9 nitrogen and oxygen atoms in total. The summed E-state index contributed by atoms with van der Waals surface area (Å²) in [7, 11) is 3.65. The lowest BCUT2D eigenvalue weighted by molar-refractivity contribution is 0.413. The zero-order chi connectivity index (χ0) is 24.1. The number of pyridine rings is 1. The maximum absolute atomic E-state index is 5.64. The molecule has 6 aromatic rings. The SMILES string of the molecule is COc1cc(Nc2nc3c(-c4ccc5ncn(C)c5c4)cc(C)cn3n2)ccc1-n1cnc(C)c1. The Morgan fingerprint density at radius 3 is 2.63 bits per heavy atom. The highest BCUT2D eigenvalue weighted by atomic mass is 16.5. The van der Waals surface area contributed by atoms with E-state index in [4.69, 9.17) is 9.72 Å². The molecule has 0 saturated carbocycles. The zero-order valence-electron chi connectivity index (χ0n) is 19.9. The quantitative estimate of drug-likeness (QED) is 0.393. The average molecular weight is 465 g/mol. The largest absolute Gasteiger partial charge is 0.494 e. The Morgan fingerprint density at radius 2 is 1.83 bits per heavy atom. The Balaban J connectivity index is 1.38. The number of fused-ring (bicyclic) bond motifs is 2. The maximum Gasteiger partial charge on any atom is 0.247 e. The van der Waals surface area contributed by atoms with Crippen LogP contribution in [0.2, 0.25) is 0 Å². The van der Waals surface area contributed by atoms with Gasteiger partial charge in [0, 0.05) is 36.8 Å². The molecule has 0 spiro atoms. The molecular weight excluding hydrogens is 440 g/mol. The molecule has 0 bridgehead atoms. The number of methoxy groups -OCH3 is 1. The first-order valence-corrected chi connectivity index (χ1v) is 11.2. The van der Waals surface area contributed by atoms with Gasteiger partial charge in [-0.3, -0.25) is 0 Å². The van der Waals surface area contributed by atoms with E-state index in [0.717, 1.165) is 56.2 Å². The van der Waals surface area contributed by atoms with E-state index in [1.165, 1.54) is 0 Å². The summed E-state index contributed by atoms with van der Waals surface area (Å²) >= 11 is 0. The van der Waals surface area contributed by atoms with Gasteiger partial charge < -0.3 is 19.2 Å². The van der Waals surface area contributed by atoms with E-state index in [2.05, 4.69) is 45.5 Å². The van der Waals surface area contributed by atoms with Crippen LogP contribution in [0.1, 0.15) is 11.3 Å². The van der Waals surface area contributed by atoms with Crippen LogP contribution >= 0.6 is 0 Å². The fourth-order valence-electron chi connectivity index (χ4n) is 4.33. The minimum absolute atomic E-state index is 0.506. The van der Waals surface area contributed by atoms with Crippen molar-refractivity contribution in [3.05, 3.63) is 78.8 Å². The zero-order valence-corrected chi connectivity index (χ0v) is 19.9. The van der Waals surface area contributed by atoms with E-state index < -0.39 is 0 Å². The highest BCUT2D eigenvalue weighted by Gasteiger charge is 2.14. The van der Waals surface area contributed by atoms with Gasteiger partial charge in [-0.25, -0.2) is 14.5 Å². The molecule has 6 rings (SSSR count). The Bertz CT molecular complexity index is 1710. The van der Waals surface area contributed by atoms with Crippen molar-refractivity contribution in [3.63, 3.8) is 0 Å². The molecule has 4 heterocycles. The normalized spacial score (nSPS) is 11.4. The van der Waals surface area contributed by atoms with E-state index in [-0.39, 0.29) is 0 Å². The molecule has 0 saturated heterocycles. The first-order valence-electron chi connectivity index (χ1n) is 11.2. The van der Waals surface area contributed by atoms with E-state index in [1.807, 2.05) is 70.6 Å². The third kappa shape index (κ3) is 3.67. The van der Waals surface area contributed by atoms with Gasteiger partial charge in [0.2, 0.25) is 5.95 Å². The third-order valence-corrected chi connectivity index (χ3v) is 6.03. The number of rotatable bonds is 5. The molecule has 0 amide bonds. The molecule has 0 fully saturated rings. The number of hydrogen-bond acceptors (Lipinski definition) is 6. The van der Waals surface area contributed by atoms with Crippen LogP contribution in [0, 0.1) is 13.8 Å². The molecule has 0 unspecified atom stereocenters. The van der Waals surface area contributed by atoms with Crippen molar-refractivity contribution >= 4 is 28.3 Å². The van der Waals surface area contributed by atoms with Crippen LogP contribution in [0.25, 0.3) is 33.5 Å². The van der Waals surface area contributed by atoms with Crippen molar-refractivity contribution in [1.29, 1.82) is 0 Å². The molecule has 0 aliphatic rings. The van der Waals surface area contributed by atoms with Crippen molar-refractivity contribution in [3.8, 4) is 22.6 Å². The predicted molar refractivity (Wildman–Crippen MR) is 136 cm³/mol. The van der Waals surface area contributed by atoms with Crippen LogP contribution in [0.15, 0.2) is 67.5 Å². The predicted octanol–water partition coefficient (Wildman–Crippen LogP) is 4.84. The highest BCUT2D eigenvalue weighted by molar-refractivity contribution is 5.86. The average Bonchev–Trinajstić information content (AvgIpc) is 3.56. The minimum Gasteiger partial charge on any atom is -0.494 e. The van der Waals surface area contributed by atoms with Crippen molar-refractivity contribution in [2.24, 2.45) is 7.05 Å². The third-order valence-electron chi connectivity index (χ3n) is 6.03. The molecular formula is C26H24N8O. The summed E-state index contributed by atoms with van der Waals surface area (Å²) in [6, 6.07) is 14.3. The van der Waals surface area contributed by atoms with Crippen LogP contribution in [0.5, 0.6) is 5.75 Å². The maximum atomic E-state index is 5.64. The first kappa shape index (κ1) is 20.9. The lowest BCUT2D eigenvalue weighted by Crippen LogP contribution is -1.98. The number of aromatic nitrogens is 7. The molecule has 0 aliphatic carbocycles. The second kappa shape index (κ2) is 7.98. The van der Waals surface area contributed by atoms with Gasteiger partial charge in [-0.2, -0.15) is 4.98 Å².